The van der Waals surface area contributed by atoms with Gasteiger partial charge >= 0.3 is 5.97 Å². The molecule has 1 aliphatic heterocycles. The molecule has 2 N–H and O–H groups in total. The molecule has 0 saturated carbocycles. The number of aliphatic hydroxyl groups is 1. The number of amides is 1. The van der Waals surface area contributed by atoms with Gasteiger partial charge in [-0.1, -0.05) is 49.4 Å². The predicted octanol–water partition coefficient (Wildman–Crippen LogP) is 3.30. The molecule has 6 heteroatoms. The predicted molar refractivity (Wildman–Crippen MR) is 109 cm³/mol. The lowest BCUT2D eigenvalue weighted by Gasteiger charge is -2.23. The molecule has 1 aromatic rings. The first-order chi connectivity index (χ1) is 13.0. The monoisotopic (exact) mass is 391 g/mol. The van der Waals surface area contributed by atoms with E-state index in [0.717, 1.165) is 23.5 Å². The minimum absolute atomic E-state index is 0.00204. The Morgan fingerprint density at radius 3 is 2.78 bits per heavy atom. The number of carbonyl (C=O) groups is 2. The Balaban J connectivity index is 1.80. The van der Waals surface area contributed by atoms with Gasteiger partial charge < -0.3 is 15.1 Å². The third-order valence-electron chi connectivity index (χ3n) is 4.90. The van der Waals surface area contributed by atoms with Crippen LogP contribution in [0.1, 0.15) is 44.1 Å². The maximum absolute atomic E-state index is 12.1. The molecular weight excluding hydrogens is 362 g/mol. The number of hydrogen-bond donors (Lipinski definition) is 2. The first-order valence-electron chi connectivity index (χ1n) is 9.49. The summed E-state index contributed by atoms with van der Waals surface area (Å²) in [5.74, 6) is 0.985. The Labute approximate surface area is 165 Å². The van der Waals surface area contributed by atoms with Crippen molar-refractivity contribution in [3.8, 4) is 0 Å². The van der Waals surface area contributed by atoms with Crippen LogP contribution in [0.2, 0.25) is 0 Å². The van der Waals surface area contributed by atoms with E-state index < -0.39 is 12.1 Å². The fourth-order valence-corrected chi connectivity index (χ4v) is 4.08. The van der Waals surface area contributed by atoms with Gasteiger partial charge in [0.25, 0.3) is 0 Å². The number of hydrogen-bond acceptors (Lipinski definition) is 4. The van der Waals surface area contributed by atoms with Gasteiger partial charge in [0.1, 0.15) is 0 Å². The summed E-state index contributed by atoms with van der Waals surface area (Å²) in [4.78, 5) is 24.5. The average Bonchev–Trinajstić information content (AvgIpc) is 3.02. The van der Waals surface area contributed by atoms with Gasteiger partial charge in [0, 0.05) is 31.1 Å². The molecule has 1 heterocycles. The normalized spacial score (nSPS) is 19.6. The first-order valence-corrected chi connectivity index (χ1v) is 10.6. The second-order valence-electron chi connectivity index (χ2n) is 6.88. The third kappa shape index (κ3) is 7.03. The molecule has 0 spiro atoms. The maximum atomic E-state index is 12.1. The molecule has 1 aliphatic rings. The van der Waals surface area contributed by atoms with E-state index in [1.54, 1.807) is 11.8 Å². The van der Waals surface area contributed by atoms with Crippen LogP contribution in [0.5, 0.6) is 0 Å². The van der Waals surface area contributed by atoms with Gasteiger partial charge in [-0.05, 0) is 24.2 Å². The standard InChI is InChI=1S/C21H29NO4S/c1-16(17-6-3-2-4-7-17)19(23)11-9-18-10-12-20(24)22(18)13-15-27-14-5-8-21(25)26/h2-4,6-7,9,11,16,18-19,23H,5,8,10,12-15H2,1H3,(H,25,26)/t16-,18+,19?/m1/s1. The third-order valence-corrected chi connectivity index (χ3v) is 5.95. The smallest absolute Gasteiger partial charge is 0.303 e. The number of aliphatic hydroxyl groups excluding tert-OH is 1. The van der Waals surface area contributed by atoms with Crippen molar-refractivity contribution in [3.05, 3.63) is 48.0 Å². The molecule has 27 heavy (non-hydrogen) atoms. The fraction of sp³-hybridized carbons (Fsp3) is 0.524. The number of nitrogens with zero attached hydrogens (tertiary/aromatic N) is 1. The van der Waals surface area contributed by atoms with E-state index in [-0.39, 0.29) is 24.3 Å². The quantitative estimate of drug-likeness (QED) is 0.447. The number of benzene rings is 1. The van der Waals surface area contributed by atoms with E-state index in [2.05, 4.69) is 0 Å². The van der Waals surface area contributed by atoms with E-state index in [4.69, 9.17) is 5.11 Å². The van der Waals surface area contributed by atoms with Gasteiger partial charge in [0.05, 0.1) is 12.1 Å². The van der Waals surface area contributed by atoms with Crippen LogP contribution in [-0.2, 0) is 9.59 Å². The summed E-state index contributed by atoms with van der Waals surface area (Å²) in [6.45, 7) is 2.66. The highest BCUT2D eigenvalue weighted by Crippen LogP contribution is 2.23. The lowest BCUT2D eigenvalue weighted by Crippen LogP contribution is -2.34. The molecule has 0 aliphatic carbocycles. The number of likely N-dealkylation sites (tertiary alicyclic amines) is 1. The molecule has 1 saturated heterocycles. The molecule has 1 amide bonds. The summed E-state index contributed by atoms with van der Waals surface area (Å²) in [5.41, 5.74) is 1.09. The largest absolute Gasteiger partial charge is 0.481 e. The summed E-state index contributed by atoms with van der Waals surface area (Å²) in [7, 11) is 0. The van der Waals surface area contributed by atoms with Gasteiger partial charge in [-0.15, -0.1) is 0 Å². The molecule has 5 nitrogen and oxygen atoms in total. The summed E-state index contributed by atoms with van der Waals surface area (Å²) in [6.07, 6.45) is 5.36. The zero-order valence-electron chi connectivity index (χ0n) is 15.8. The molecule has 0 radical (unpaired) electrons. The van der Waals surface area contributed by atoms with Crippen molar-refractivity contribution in [2.45, 2.75) is 50.7 Å². The minimum atomic E-state index is -0.765. The Morgan fingerprint density at radius 2 is 2.07 bits per heavy atom. The zero-order valence-corrected chi connectivity index (χ0v) is 16.6. The second kappa shape index (κ2) is 11.1. The Hall–Kier alpha value is -1.79. The highest BCUT2D eigenvalue weighted by molar-refractivity contribution is 7.99. The fourth-order valence-electron chi connectivity index (χ4n) is 3.20. The van der Waals surface area contributed by atoms with Gasteiger partial charge in [-0.25, -0.2) is 0 Å². The zero-order chi connectivity index (χ0) is 19.6. The van der Waals surface area contributed by atoms with Gasteiger partial charge in [0.15, 0.2) is 0 Å². The number of rotatable bonds is 11. The maximum Gasteiger partial charge on any atom is 0.303 e. The van der Waals surface area contributed by atoms with Crippen molar-refractivity contribution in [2.24, 2.45) is 0 Å². The lowest BCUT2D eigenvalue weighted by molar-refractivity contribution is -0.137. The highest BCUT2D eigenvalue weighted by Gasteiger charge is 2.28. The van der Waals surface area contributed by atoms with Crippen molar-refractivity contribution in [2.75, 3.05) is 18.1 Å². The molecule has 0 aromatic heterocycles. The van der Waals surface area contributed by atoms with Crippen molar-refractivity contribution < 1.29 is 19.8 Å². The first kappa shape index (κ1) is 21.5. The molecule has 148 valence electrons. The van der Waals surface area contributed by atoms with Crippen molar-refractivity contribution in [1.29, 1.82) is 0 Å². The van der Waals surface area contributed by atoms with E-state index in [0.29, 0.717) is 19.4 Å². The van der Waals surface area contributed by atoms with E-state index >= 15 is 0 Å². The number of thioether (sulfide) groups is 1. The van der Waals surface area contributed by atoms with Gasteiger partial charge in [0.2, 0.25) is 5.91 Å². The highest BCUT2D eigenvalue weighted by atomic mass is 32.2. The van der Waals surface area contributed by atoms with E-state index in [1.807, 2.05) is 54.3 Å². The van der Waals surface area contributed by atoms with Crippen LogP contribution >= 0.6 is 11.8 Å². The van der Waals surface area contributed by atoms with Crippen molar-refractivity contribution in [1.82, 2.24) is 4.90 Å². The van der Waals surface area contributed by atoms with Crippen molar-refractivity contribution >= 4 is 23.6 Å². The second-order valence-corrected chi connectivity index (χ2v) is 8.10. The Morgan fingerprint density at radius 1 is 1.33 bits per heavy atom. The molecule has 0 bridgehead atoms. The average molecular weight is 392 g/mol. The number of carboxylic acid groups (broad SMARTS) is 1. The topological polar surface area (TPSA) is 77.8 Å². The van der Waals surface area contributed by atoms with Crippen LogP contribution in [0.4, 0.5) is 0 Å². The Kier molecular flexibility index (Phi) is 8.88. The molecular formula is C21H29NO4S. The van der Waals surface area contributed by atoms with Gasteiger partial charge in [-0.2, -0.15) is 11.8 Å². The van der Waals surface area contributed by atoms with Crippen LogP contribution in [0.25, 0.3) is 0 Å². The molecule has 1 unspecified atom stereocenters. The molecule has 1 fully saturated rings. The minimum Gasteiger partial charge on any atom is -0.481 e. The summed E-state index contributed by atoms with van der Waals surface area (Å²) < 4.78 is 0. The Bertz CT molecular complexity index is 634. The summed E-state index contributed by atoms with van der Waals surface area (Å²) in [6, 6.07) is 9.94. The number of aliphatic carboxylic acids is 1. The number of carbonyl (C=O) groups excluding carboxylic acids is 1. The van der Waals surface area contributed by atoms with Crippen molar-refractivity contribution in [3.63, 3.8) is 0 Å². The molecule has 2 rings (SSSR count). The van der Waals surface area contributed by atoms with Crippen LogP contribution in [0.3, 0.4) is 0 Å². The van der Waals surface area contributed by atoms with Crippen LogP contribution in [0.15, 0.2) is 42.5 Å². The van der Waals surface area contributed by atoms with E-state index in [9.17, 15) is 14.7 Å². The molecule has 1 aromatic carbocycles. The number of carboxylic acids is 1. The summed E-state index contributed by atoms with van der Waals surface area (Å²) in [5, 5.41) is 19.1. The summed E-state index contributed by atoms with van der Waals surface area (Å²) >= 11 is 1.68. The molecule has 3 atom stereocenters. The lowest BCUT2D eigenvalue weighted by atomic mass is 9.95. The van der Waals surface area contributed by atoms with Crippen LogP contribution < -0.4 is 0 Å². The van der Waals surface area contributed by atoms with E-state index in [1.165, 1.54) is 0 Å². The SMILES string of the molecule is C[C@H](c1ccccc1)C(O)C=C[C@H]1CCC(=O)N1CCSCCCC(=O)O. The van der Waals surface area contributed by atoms with Gasteiger partial charge in [-0.3, -0.25) is 9.59 Å². The van der Waals surface area contributed by atoms with Crippen LogP contribution in [-0.4, -0.2) is 57.2 Å². The van der Waals surface area contributed by atoms with Crippen LogP contribution in [0, 0.1) is 0 Å².